The summed E-state index contributed by atoms with van der Waals surface area (Å²) < 4.78 is 36.4. The molecule has 1 N–H and O–H groups in total. The molecular weight excluding hydrogens is 714 g/mol. The Balaban J connectivity index is 2.01. The lowest BCUT2D eigenvalue weighted by Crippen LogP contribution is -2.68. The molecule has 3 aliphatic carbocycles. The van der Waals surface area contributed by atoms with E-state index in [1.54, 1.807) is 57.1 Å². The predicted molar refractivity (Wildman–Crippen MR) is 196 cm³/mol. The monoisotopic (exact) mass is 769 g/mol. The number of hydrogen-bond acceptors (Lipinski definition) is 14. The molecule has 0 radical (unpaired) electrons. The van der Waals surface area contributed by atoms with Gasteiger partial charge in [0.25, 0.3) is 0 Å². The number of ether oxygens (including phenoxy) is 6. The second-order valence-electron chi connectivity index (χ2n) is 15.8. The third kappa shape index (κ3) is 8.65. The van der Waals surface area contributed by atoms with E-state index in [0.29, 0.717) is 16.7 Å². The number of aliphatic hydroxyl groups is 1. The number of carbonyl (C=O) groups excluding carboxylic acids is 6. The van der Waals surface area contributed by atoms with E-state index < -0.39 is 107 Å². The highest BCUT2D eigenvalue weighted by Crippen LogP contribution is 2.62. The molecule has 0 amide bonds. The van der Waals surface area contributed by atoms with Crippen LogP contribution in [-0.2, 0) is 57.2 Å². The van der Waals surface area contributed by atoms with Gasteiger partial charge in [0.1, 0.15) is 24.4 Å². The molecule has 11 atom stereocenters. The fraction of sp³-hybridized carbons (Fsp3) is 0.610. The largest absolute Gasteiger partial charge is 0.462 e. The number of esters is 6. The van der Waals surface area contributed by atoms with Gasteiger partial charge in [-0.05, 0) is 55.1 Å². The number of hydrogen-bond donors (Lipinski definition) is 1. The smallest absolute Gasteiger partial charge is 0.337 e. The van der Waals surface area contributed by atoms with Gasteiger partial charge in [-0.25, -0.2) is 4.79 Å². The summed E-state index contributed by atoms with van der Waals surface area (Å²) in [6.07, 6.45) is -8.94. The summed E-state index contributed by atoms with van der Waals surface area (Å²) in [4.78, 5) is 80.3. The summed E-state index contributed by atoms with van der Waals surface area (Å²) >= 11 is 0. The fourth-order valence-electron chi connectivity index (χ4n) is 9.35. The average molecular weight is 770 g/mol. The van der Waals surface area contributed by atoms with Gasteiger partial charge in [-0.2, -0.15) is 0 Å². The number of aliphatic hydroxyl groups excluding tert-OH is 1. The highest BCUT2D eigenvalue weighted by molar-refractivity contribution is 5.76. The van der Waals surface area contributed by atoms with Crippen molar-refractivity contribution in [2.75, 3.05) is 14.1 Å². The molecule has 0 aromatic heterocycles. The van der Waals surface area contributed by atoms with E-state index >= 15 is 0 Å². The van der Waals surface area contributed by atoms with E-state index in [9.17, 15) is 33.9 Å². The minimum atomic E-state index is -1.67. The molecule has 2 saturated carbocycles. The minimum absolute atomic E-state index is 0.147. The maximum atomic E-state index is 14.0. The van der Waals surface area contributed by atoms with Gasteiger partial charge in [0.15, 0.2) is 18.3 Å². The van der Waals surface area contributed by atoms with Crippen molar-refractivity contribution >= 4 is 35.8 Å². The SMILES string of the molecule is C=C1[C@@H](OC(=O)[C@H](O)[C@@H](c2ccccc2)N(C)C)C[C@H](OC(C)=O)[C@@]2(C)[C@@H](OC(C)=O)[C@H](OC(C)=O)C3=C(C)[C@@H](OC(C)=O)C[C@@H]([C@@H](OC(C)=O)[C@H]12)C3(C)C. The first-order chi connectivity index (χ1) is 25.5. The minimum Gasteiger partial charge on any atom is -0.462 e. The van der Waals surface area contributed by atoms with E-state index in [-0.39, 0.29) is 18.4 Å². The summed E-state index contributed by atoms with van der Waals surface area (Å²) in [6.45, 7) is 17.6. The molecule has 1 aromatic rings. The summed E-state index contributed by atoms with van der Waals surface area (Å²) in [6, 6.07) is 8.12. The second kappa shape index (κ2) is 16.7. The first kappa shape index (κ1) is 43.2. The predicted octanol–water partition coefficient (Wildman–Crippen LogP) is 4.18. The topological polar surface area (TPSA) is 181 Å². The molecule has 0 aliphatic heterocycles. The molecule has 2 bridgehead atoms. The van der Waals surface area contributed by atoms with Crippen molar-refractivity contribution in [3.63, 3.8) is 0 Å². The van der Waals surface area contributed by atoms with Gasteiger partial charge in [0.05, 0.1) is 11.5 Å². The lowest BCUT2D eigenvalue weighted by Gasteiger charge is -2.61. The molecule has 2 fully saturated rings. The highest BCUT2D eigenvalue weighted by atomic mass is 16.6. The van der Waals surface area contributed by atoms with Crippen LogP contribution >= 0.6 is 0 Å². The summed E-state index contributed by atoms with van der Waals surface area (Å²) in [5.41, 5.74) is -0.661. The highest BCUT2D eigenvalue weighted by Gasteiger charge is 2.68. The van der Waals surface area contributed by atoms with Gasteiger partial charge in [0.2, 0.25) is 0 Å². The zero-order chi connectivity index (χ0) is 41.3. The van der Waals surface area contributed by atoms with Crippen LogP contribution in [0.2, 0.25) is 0 Å². The van der Waals surface area contributed by atoms with Crippen molar-refractivity contribution in [3.8, 4) is 0 Å². The first-order valence-electron chi connectivity index (χ1n) is 18.4. The molecule has 0 spiro atoms. The maximum Gasteiger partial charge on any atom is 0.337 e. The summed E-state index contributed by atoms with van der Waals surface area (Å²) in [5, 5.41) is 11.5. The van der Waals surface area contributed by atoms with Gasteiger partial charge in [-0.1, -0.05) is 57.7 Å². The molecule has 1 aromatic carbocycles. The molecule has 3 aliphatic rings. The van der Waals surface area contributed by atoms with Crippen LogP contribution in [-0.4, -0.2) is 103 Å². The molecule has 4 rings (SSSR count). The quantitative estimate of drug-likeness (QED) is 0.203. The van der Waals surface area contributed by atoms with Gasteiger partial charge in [-0.15, -0.1) is 0 Å². The Morgan fingerprint density at radius 2 is 1.31 bits per heavy atom. The Kier molecular flexibility index (Phi) is 13.1. The molecule has 14 heteroatoms. The van der Waals surface area contributed by atoms with Crippen molar-refractivity contribution < 1.29 is 62.3 Å². The molecule has 0 unspecified atom stereocenters. The average Bonchev–Trinajstić information content (AvgIpc) is 3.05. The number of rotatable bonds is 10. The van der Waals surface area contributed by atoms with Crippen LogP contribution in [0.25, 0.3) is 0 Å². The van der Waals surface area contributed by atoms with Crippen molar-refractivity contribution in [1.82, 2.24) is 4.90 Å². The Bertz CT molecular complexity index is 1720. The van der Waals surface area contributed by atoms with Crippen molar-refractivity contribution in [1.29, 1.82) is 0 Å². The van der Waals surface area contributed by atoms with Crippen LogP contribution in [0.4, 0.5) is 0 Å². The van der Waals surface area contributed by atoms with Gasteiger partial charge < -0.3 is 33.5 Å². The number of likely N-dealkylation sites (N-methyl/N-ethyl adjacent to an activating group) is 1. The number of nitrogens with zero attached hydrogens (tertiary/aromatic N) is 1. The van der Waals surface area contributed by atoms with E-state index in [4.69, 9.17) is 28.4 Å². The van der Waals surface area contributed by atoms with Gasteiger partial charge in [-0.3, -0.25) is 28.9 Å². The summed E-state index contributed by atoms with van der Waals surface area (Å²) in [5.74, 6) is -6.24. The van der Waals surface area contributed by atoms with E-state index in [1.165, 1.54) is 34.6 Å². The molecule has 0 saturated heterocycles. The summed E-state index contributed by atoms with van der Waals surface area (Å²) in [7, 11) is 3.42. The molecular formula is C41H55NO13. The van der Waals surface area contributed by atoms with Gasteiger partial charge in [0, 0.05) is 52.9 Å². The number of fused-ring (bicyclic) bond motifs is 3. The molecule has 302 valence electrons. The Hall–Kier alpha value is -4.56. The third-order valence-electron chi connectivity index (χ3n) is 11.5. The lowest BCUT2D eigenvalue weighted by atomic mass is 9.48. The first-order valence-corrected chi connectivity index (χ1v) is 18.4. The van der Waals surface area contributed by atoms with Crippen LogP contribution < -0.4 is 0 Å². The fourth-order valence-corrected chi connectivity index (χ4v) is 9.35. The van der Waals surface area contributed by atoms with Crippen LogP contribution in [0.1, 0.15) is 86.8 Å². The van der Waals surface area contributed by atoms with Crippen molar-refractivity contribution in [2.24, 2.45) is 22.7 Å². The Morgan fingerprint density at radius 3 is 1.82 bits per heavy atom. The third-order valence-corrected chi connectivity index (χ3v) is 11.5. The normalized spacial score (nSPS) is 31.0. The standard InChI is InChI=1S/C41H55NO13/c1-20-29(50-22(3)43)18-28-36(52-24(5)45)33-21(2)30(55-39(49)35(48)34(42(11)12)27-16-14-13-15-17-27)19-31(51-23(4)44)41(33,10)38(54-26(7)47)37(53-25(6)46)32(20)40(28,8)9/h13-17,28-31,33-38,48H,2,18-19H2,1,3-12H3/t28-,29-,30-,31-,33-,34+,35+,36+,37+,38-,41+/m0/s1. The van der Waals surface area contributed by atoms with Crippen molar-refractivity contribution in [3.05, 3.63) is 59.2 Å². The van der Waals surface area contributed by atoms with Gasteiger partial charge >= 0.3 is 35.8 Å². The number of carbonyl (C=O) groups is 6. The molecule has 14 nitrogen and oxygen atoms in total. The number of benzene rings is 1. The molecule has 55 heavy (non-hydrogen) atoms. The molecule has 0 heterocycles. The Morgan fingerprint density at radius 1 is 0.764 bits per heavy atom. The zero-order valence-corrected chi connectivity index (χ0v) is 33.6. The van der Waals surface area contributed by atoms with E-state index in [2.05, 4.69) is 6.58 Å². The second-order valence-corrected chi connectivity index (χ2v) is 15.8. The van der Waals surface area contributed by atoms with Crippen LogP contribution in [0.5, 0.6) is 0 Å². The van der Waals surface area contributed by atoms with Crippen LogP contribution in [0.15, 0.2) is 53.6 Å². The van der Waals surface area contributed by atoms with Crippen molar-refractivity contribution in [2.45, 2.75) is 124 Å². The van der Waals surface area contributed by atoms with Crippen LogP contribution in [0.3, 0.4) is 0 Å². The zero-order valence-electron chi connectivity index (χ0n) is 33.6. The van der Waals surface area contributed by atoms with E-state index in [0.717, 1.165) is 0 Å². The van der Waals surface area contributed by atoms with E-state index in [1.807, 2.05) is 19.9 Å². The maximum absolute atomic E-state index is 14.0. The lowest BCUT2D eigenvalue weighted by molar-refractivity contribution is -0.231. The van der Waals surface area contributed by atoms with Crippen LogP contribution in [0, 0.1) is 22.7 Å². The Labute approximate surface area is 322 Å².